The number of benzene rings is 10. The first-order valence-electron chi connectivity index (χ1n) is 24.7. The zero-order chi connectivity index (χ0) is 49.0. The molecule has 5 heterocycles. The largest absolute Gasteiger partial charge is 0.454 e. The average molecular weight is 935 g/mol. The van der Waals surface area contributed by atoms with E-state index in [1.165, 1.54) is 0 Å². The fraction of sp³-hybridized carbons (Fsp3) is 0.0606. The highest BCUT2D eigenvalue weighted by atomic mass is 16.3. The van der Waals surface area contributed by atoms with Crippen molar-refractivity contribution in [2.45, 2.75) is 27.7 Å². The number of aromatic nitrogens is 4. The van der Waals surface area contributed by atoms with Crippen molar-refractivity contribution >= 4 is 109 Å². The lowest BCUT2D eigenvalue weighted by atomic mass is 9.98. The van der Waals surface area contributed by atoms with Crippen LogP contribution in [0.15, 0.2) is 186 Å². The van der Waals surface area contributed by atoms with Gasteiger partial charge in [0.05, 0.1) is 66.9 Å². The predicted molar refractivity (Wildman–Crippen MR) is 299 cm³/mol. The third kappa shape index (κ3) is 5.45. The normalized spacial score (nSPS) is 12.1. The lowest BCUT2D eigenvalue weighted by Gasteiger charge is -2.27. The number of fused-ring (bicyclic) bond motifs is 16. The second-order valence-electron chi connectivity index (χ2n) is 19.8. The van der Waals surface area contributed by atoms with Gasteiger partial charge in [0, 0.05) is 53.9 Å². The van der Waals surface area contributed by atoms with Crippen molar-refractivity contribution in [3.63, 3.8) is 0 Å². The van der Waals surface area contributed by atoms with Crippen LogP contribution in [-0.2, 0) is 0 Å². The molecule has 15 rings (SSSR count). The number of furan rings is 1. The monoisotopic (exact) mass is 934 g/mol. The van der Waals surface area contributed by atoms with E-state index in [4.69, 9.17) is 4.42 Å². The predicted octanol–water partition coefficient (Wildman–Crippen LogP) is 17.0. The summed E-state index contributed by atoms with van der Waals surface area (Å²) in [5, 5.41) is 35.7. The average Bonchev–Trinajstić information content (AvgIpc) is 4.20. The zero-order valence-corrected chi connectivity index (χ0v) is 40.4. The molecule has 0 aliphatic heterocycles. The summed E-state index contributed by atoms with van der Waals surface area (Å²) >= 11 is 0. The van der Waals surface area contributed by atoms with E-state index in [2.05, 4.69) is 222 Å². The summed E-state index contributed by atoms with van der Waals surface area (Å²) in [6.45, 7) is 8.48. The minimum absolute atomic E-state index is 0.399. The fourth-order valence-corrected chi connectivity index (χ4v) is 12.4. The van der Waals surface area contributed by atoms with Crippen LogP contribution in [0.4, 0.5) is 0 Å². The highest BCUT2D eigenvalue weighted by Crippen LogP contribution is 2.50. The van der Waals surface area contributed by atoms with Crippen LogP contribution < -0.4 is 0 Å². The first kappa shape index (κ1) is 41.0. The van der Waals surface area contributed by atoms with E-state index in [-0.39, 0.29) is 0 Å². The first-order valence-corrected chi connectivity index (χ1v) is 24.7. The van der Waals surface area contributed by atoms with Gasteiger partial charge in [0.25, 0.3) is 0 Å². The zero-order valence-electron chi connectivity index (χ0n) is 40.4. The standard InChI is InChI=1S/C66H42N6O/c1-37-21-27-56-47(31-37)41-13-5-9-17-53(41)69(56)61-51(35-67)63(71-55-19-11-7-15-43(55)49-33-39(3)23-29-58(49)71)64(52(36-68)62(61)70-54-18-10-6-14-42(54)48-32-38(2)22-28-57(48)70)72-59-30-24-40(4)34-50(59)45-25-26-46-44-16-8-12-20-60(44)73-66(46)65(45)72/h5-34H,1-4H3. The summed E-state index contributed by atoms with van der Waals surface area (Å²) in [5.74, 6) is 0. The maximum atomic E-state index is 12.7. The van der Waals surface area contributed by atoms with Gasteiger partial charge < -0.3 is 22.7 Å². The van der Waals surface area contributed by atoms with Crippen molar-refractivity contribution < 1.29 is 4.42 Å². The molecule has 10 aromatic carbocycles. The smallest absolute Gasteiger partial charge is 0.160 e. The van der Waals surface area contributed by atoms with Gasteiger partial charge in [0.1, 0.15) is 28.8 Å². The molecule has 0 atom stereocenters. The number of aryl methyl sites for hydroxylation is 4. The van der Waals surface area contributed by atoms with E-state index in [9.17, 15) is 10.5 Å². The Bertz CT molecular complexity index is 5050. The molecule has 15 aromatic rings. The van der Waals surface area contributed by atoms with Crippen LogP contribution in [0.1, 0.15) is 33.4 Å². The van der Waals surface area contributed by atoms with Gasteiger partial charge in [-0.25, -0.2) is 0 Å². The quantitative estimate of drug-likeness (QED) is 0.176. The highest BCUT2D eigenvalue weighted by Gasteiger charge is 2.35. The molecule has 0 saturated heterocycles. The van der Waals surface area contributed by atoms with Crippen molar-refractivity contribution in [3.8, 4) is 34.9 Å². The lowest BCUT2D eigenvalue weighted by molar-refractivity contribution is 0.671. The van der Waals surface area contributed by atoms with Gasteiger partial charge in [-0.3, -0.25) is 0 Å². The number of nitrogens with zero attached hydrogens (tertiary/aromatic N) is 6. The molecule has 0 bridgehead atoms. The van der Waals surface area contributed by atoms with Crippen molar-refractivity contribution in [1.82, 2.24) is 18.3 Å². The van der Waals surface area contributed by atoms with Crippen molar-refractivity contribution in [1.29, 1.82) is 10.5 Å². The van der Waals surface area contributed by atoms with E-state index in [0.717, 1.165) is 126 Å². The van der Waals surface area contributed by atoms with Crippen LogP contribution in [0.3, 0.4) is 0 Å². The van der Waals surface area contributed by atoms with Gasteiger partial charge in [-0.05, 0) is 107 Å². The van der Waals surface area contributed by atoms with Gasteiger partial charge >= 0.3 is 0 Å². The van der Waals surface area contributed by atoms with Gasteiger partial charge in [0.2, 0.25) is 0 Å². The Hall–Kier alpha value is -9.82. The van der Waals surface area contributed by atoms with Crippen LogP contribution in [0, 0.1) is 50.4 Å². The van der Waals surface area contributed by atoms with Crippen molar-refractivity contribution in [2.75, 3.05) is 0 Å². The van der Waals surface area contributed by atoms with E-state index >= 15 is 0 Å². The summed E-state index contributed by atoms with van der Waals surface area (Å²) in [6, 6.07) is 69.9. The van der Waals surface area contributed by atoms with E-state index in [0.29, 0.717) is 39.5 Å². The number of hydrogen-bond donors (Lipinski definition) is 0. The number of nitriles is 2. The fourth-order valence-electron chi connectivity index (χ4n) is 12.4. The summed E-state index contributed by atoms with van der Waals surface area (Å²) in [7, 11) is 0. The topological polar surface area (TPSA) is 80.4 Å². The van der Waals surface area contributed by atoms with E-state index in [1.807, 2.05) is 18.2 Å². The van der Waals surface area contributed by atoms with Crippen LogP contribution in [-0.4, -0.2) is 18.3 Å². The van der Waals surface area contributed by atoms with E-state index in [1.54, 1.807) is 0 Å². The number of rotatable bonds is 4. The SMILES string of the molecule is Cc1ccc2c(c1)c1ccccc1n2-c1c(C#N)c(-n2c3ccccc3c3cc(C)ccc32)c(-n2c3ccc(C)cc3c3ccc4c5ccccc5oc4c32)c(C#N)c1-n1c2ccccc2c2cc(C)ccc21. The second-order valence-corrected chi connectivity index (χ2v) is 19.8. The Kier molecular flexibility index (Phi) is 8.34. The Balaban J connectivity index is 1.29. The summed E-state index contributed by atoms with van der Waals surface area (Å²) in [4.78, 5) is 0. The highest BCUT2D eigenvalue weighted by molar-refractivity contribution is 6.23. The molecule has 7 nitrogen and oxygen atoms in total. The molecule has 342 valence electrons. The Morgan fingerprint density at radius 3 is 1.07 bits per heavy atom. The van der Waals surface area contributed by atoms with E-state index < -0.39 is 0 Å². The van der Waals surface area contributed by atoms with Crippen molar-refractivity contribution in [3.05, 3.63) is 215 Å². The Labute approximate surface area is 418 Å². The van der Waals surface area contributed by atoms with Gasteiger partial charge in [-0.2, -0.15) is 10.5 Å². The van der Waals surface area contributed by atoms with Crippen LogP contribution in [0.5, 0.6) is 0 Å². The Morgan fingerprint density at radius 2 is 0.644 bits per heavy atom. The van der Waals surface area contributed by atoms with Crippen LogP contribution in [0.25, 0.3) is 132 Å². The number of hydrogen-bond acceptors (Lipinski definition) is 3. The molecule has 7 heteroatoms. The summed E-state index contributed by atoms with van der Waals surface area (Å²) < 4.78 is 16.0. The van der Waals surface area contributed by atoms with Gasteiger partial charge in [-0.1, -0.05) is 125 Å². The molecule has 0 aliphatic rings. The molecular formula is C66H42N6O. The summed E-state index contributed by atoms with van der Waals surface area (Å²) in [6.07, 6.45) is 0. The number of para-hydroxylation sites is 4. The molecule has 5 aromatic heterocycles. The van der Waals surface area contributed by atoms with Gasteiger partial charge in [-0.15, -0.1) is 0 Å². The molecular weight excluding hydrogens is 893 g/mol. The molecule has 0 saturated carbocycles. The van der Waals surface area contributed by atoms with Gasteiger partial charge in [0.15, 0.2) is 5.58 Å². The molecule has 0 amide bonds. The van der Waals surface area contributed by atoms with Crippen molar-refractivity contribution in [2.24, 2.45) is 0 Å². The second kappa shape index (κ2) is 14.9. The molecule has 0 aliphatic carbocycles. The van der Waals surface area contributed by atoms with Crippen LogP contribution in [0.2, 0.25) is 0 Å². The molecule has 0 spiro atoms. The third-order valence-electron chi connectivity index (χ3n) is 15.4. The van der Waals surface area contributed by atoms with Crippen LogP contribution >= 0.6 is 0 Å². The molecule has 0 unspecified atom stereocenters. The molecule has 0 radical (unpaired) electrons. The Morgan fingerprint density at radius 1 is 0.315 bits per heavy atom. The molecule has 73 heavy (non-hydrogen) atoms. The lowest BCUT2D eigenvalue weighted by Crippen LogP contribution is -2.16. The summed E-state index contributed by atoms with van der Waals surface area (Å²) in [5.41, 5.74) is 16.4. The maximum Gasteiger partial charge on any atom is 0.160 e. The first-order chi connectivity index (χ1) is 35.8. The molecule has 0 fully saturated rings. The third-order valence-corrected chi connectivity index (χ3v) is 15.4. The molecule has 0 N–H and O–H groups in total. The minimum atomic E-state index is 0.399. The minimum Gasteiger partial charge on any atom is -0.454 e. The maximum absolute atomic E-state index is 12.7.